The lowest BCUT2D eigenvalue weighted by Gasteiger charge is -2.17. The fourth-order valence-electron chi connectivity index (χ4n) is 1.51. The fraction of sp³-hybridized carbons (Fsp3) is 0.455. The quantitative estimate of drug-likeness (QED) is 0.909. The molecule has 0 atom stereocenters. The lowest BCUT2D eigenvalue weighted by Crippen LogP contribution is -2.30. The second-order valence-corrected chi connectivity index (χ2v) is 4.27. The number of rotatable bonds is 3. The summed E-state index contributed by atoms with van der Waals surface area (Å²) >= 11 is 0. The number of hydrogen-bond donors (Lipinski definition) is 1. The van der Waals surface area contributed by atoms with Gasteiger partial charge in [-0.1, -0.05) is 13.8 Å². The first kappa shape index (κ1) is 14.3. The van der Waals surface area contributed by atoms with Crippen molar-refractivity contribution in [3.63, 3.8) is 0 Å². The van der Waals surface area contributed by atoms with Crippen molar-refractivity contribution in [3.8, 4) is 0 Å². The van der Waals surface area contributed by atoms with Crippen molar-refractivity contribution >= 4 is 5.97 Å². The minimum atomic E-state index is -4.76. The van der Waals surface area contributed by atoms with Crippen LogP contribution >= 0.6 is 0 Å². The van der Waals surface area contributed by atoms with Gasteiger partial charge in [0.2, 0.25) is 0 Å². The second kappa shape index (κ2) is 4.83. The molecule has 0 amide bonds. The first-order valence-corrected chi connectivity index (χ1v) is 5.18. The van der Waals surface area contributed by atoms with E-state index in [1.807, 2.05) is 0 Å². The van der Waals surface area contributed by atoms with Crippen molar-refractivity contribution in [3.05, 3.63) is 33.7 Å². The Hall–Kier alpha value is -1.79. The highest BCUT2D eigenvalue weighted by Crippen LogP contribution is 2.29. The topological polar surface area (TPSA) is 59.3 Å². The summed E-state index contributed by atoms with van der Waals surface area (Å²) in [5.74, 6) is -1.73. The van der Waals surface area contributed by atoms with E-state index >= 15 is 0 Å². The Morgan fingerprint density at radius 1 is 1.39 bits per heavy atom. The van der Waals surface area contributed by atoms with E-state index < -0.39 is 29.0 Å². The van der Waals surface area contributed by atoms with Gasteiger partial charge in [0.25, 0.3) is 5.56 Å². The minimum Gasteiger partial charge on any atom is -0.478 e. The van der Waals surface area contributed by atoms with Crippen molar-refractivity contribution in [1.29, 1.82) is 0 Å². The molecule has 0 unspecified atom stereocenters. The highest BCUT2D eigenvalue weighted by atomic mass is 19.4. The van der Waals surface area contributed by atoms with Gasteiger partial charge in [-0.3, -0.25) is 4.79 Å². The average Bonchev–Trinajstić information content (AvgIpc) is 2.17. The number of halogens is 3. The van der Waals surface area contributed by atoms with Gasteiger partial charge in [-0.25, -0.2) is 4.79 Å². The predicted octanol–water partition coefficient (Wildman–Crippen LogP) is 2.22. The Labute approximate surface area is 101 Å². The van der Waals surface area contributed by atoms with Crippen LogP contribution in [0.2, 0.25) is 0 Å². The first-order valence-electron chi connectivity index (χ1n) is 5.18. The number of pyridine rings is 1. The summed E-state index contributed by atoms with van der Waals surface area (Å²) in [4.78, 5) is 22.2. The SMILES string of the molecule is CC(C)Cn1c(C(F)(F)F)cc(C(=O)O)cc1=O. The fourth-order valence-corrected chi connectivity index (χ4v) is 1.51. The number of carboxylic acid groups (broad SMARTS) is 1. The van der Waals surface area contributed by atoms with Crippen LogP contribution in [0.3, 0.4) is 0 Å². The van der Waals surface area contributed by atoms with Crippen LogP contribution in [0.5, 0.6) is 0 Å². The lowest BCUT2D eigenvalue weighted by molar-refractivity contribution is -0.144. The van der Waals surface area contributed by atoms with Crippen molar-refractivity contribution < 1.29 is 23.1 Å². The molecule has 0 radical (unpaired) electrons. The van der Waals surface area contributed by atoms with E-state index in [1.165, 1.54) is 0 Å². The zero-order chi connectivity index (χ0) is 14.1. The smallest absolute Gasteiger partial charge is 0.431 e. The molecule has 0 saturated heterocycles. The number of alkyl halides is 3. The maximum atomic E-state index is 12.8. The first-order chi connectivity index (χ1) is 8.12. The van der Waals surface area contributed by atoms with Crippen molar-refractivity contribution in [1.82, 2.24) is 4.57 Å². The van der Waals surface area contributed by atoms with E-state index in [0.29, 0.717) is 16.7 Å². The largest absolute Gasteiger partial charge is 0.478 e. The average molecular weight is 263 g/mol. The third kappa shape index (κ3) is 3.12. The molecular formula is C11H12F3NO3. The third-order valence-electron chi connectivity index (χ3n) is 2.21. The maximum Gasteiger partial charge on any atom is 0.431 e. The summed E-state index contributed by atoms with van der Waals surface area (Å²) in [6.07, 6.45) is -4.76. The van der Waals surface area contributed by atoms with E-state index in [0.717, 1.165) is 0 Å². The van der Waals surface area contributed by atoms with Crippen molar-refractivity contribution in [2.24, 2.45) is 5.92 Å². The standard InChI is InChI=1S/C11H12F3NO3/c1-6(2)5-15-8(11(12,13)14)3-7(10(17)18)4-9(15)16/h3-4,6H,5H2,1-2H3,(H,17,18). The van der Waals surface area contributed by atoms with Gasteiger partial charge in [0.15, 0.2) is 0 Å². The van der Waals surface area contributed by atoms with Gasteiger partial charge in [-0.15, -0.1) is 0 Å². The van der Waals surface area contributed by atoms with E-state index in [4.69, 9.17) is 5.11 Å². The Balaban J connectivity index is 3.50. The molecule has 0 aliphatic rings. The molecule has 0 fully saturated rings. The normalized spacial score (nSPS) is 11.9. The van der Waals surface area contributed by atoms with E-state index in [1.54, 1.807) is 13.8 Å². The van der Waals surface area contributed by atoms with Gasteiger partial charge < -0.3 is 9.67 Å². The van der Waals surface area contributed by atoms with Crippen LogP contribution in [-0.2, 0) is 12.7 Å². The molecule has 0 aliphatic carbocycles. The summed E-state index contributed by atoms with van der Waals surface area (Å²) in [6, 6.07) is 1.17. The van der Waals surface area contributed by atoms with E-state index in [2.05, 4.69) is 0 Å². The van der Waals surface area contributed by atoms with Crippen LogP contribution in [0.25, 0.3) is 0 Å². The van der Waals surface area contributed by atoms with Crippen LogP contribution in [-0.4, -0.2) is 15.6 Å². The molecule has 1 heterocycles. The molecule has 4 nitrogen and oxygen atoms in total. The molecule has 0 aromatic carbocycles. The summed E-state index contributed by atoms with van der Waals surface area (Å²) in [5, 5.41) is 8.66. The monoisotopic (exact) mass is 263 g/mol. The maximum absolute atomic E-state index is 12.8. The van der Waals surface area contributed by atoms with Crippen LogP contribution in [0.4, 0.5) is 13.2 Å². The van der Waals surface area contributed by atoms with Gasteiger partial charge >= 0.3 is 12.1 Å². The summed E-state index contributed by atoms with van der Waals surface area (Å²) in [5.41, 5.74) is -2.86. The second-order valence-electron chi connectivity index (χ2n) is 4.27. The number of carbonyl (C=O) groups is 1. The molecule has 0 aliphatic heterocycles. The van der Waals surface area contributed by atoms with E-state index in [9.17, 15) is 22.8 Å². The highest BCUT2D eigenvalue weighted by molar-refractivity contribution is 5.87. The van der Waals surface area contributed by atoms with Gasteiger partial charge in [-0.05, 0) is 12.0 Å². The predicted molar refractivity (Wildman–Crippen MR) is 57.5 cm³/mol. The Bertz CT molecular complexity index is 517. The molecule has 100 valence electrons. The van der Waals surface area contributed by atoms with Crippen LogP contribution in [0.1, 0.15) is 29.9 Å². The molecule has 1 aromatic rings. The summed E-state index contributed by atoms with van der Waals surface area (Å²) in [7, 11) is 0. The van der Waals surface area contributed by atoms with Crippen LogP contribution < -0.4 is 5.56 Å². The van der Waals surface area contributed by atoms with Crippen LogP contribution in [0.15, 0.2) is 16.9 Å². The van der Waals surface area contributed by atoms with Gasteiger partial charge in [0, 0.05) is 12.6 Å². The lowest BCUT2D eigenvalue weighted by atomic mass is 10.1. The minimum absolute atomic E-state index is 0.117. The van der Waals surface area contributed by atoms with Crippen molar-refractivity contribution in [2.75, 3.05) is 0 Å². The Kier molecular flexibility index (Phi) is 3.83. The molecule has 18 heavy (non-hydrogen) atoms. The van der Waals surface area contributed by atoms with Crippen LogP contribution in [0, 0.1) is 5.92 Å². The number of nitrogens with zero attached hydrogens (tertiary/aromatic N) is 1. The zero-order valence-electron chi connectivity index (χ0n) is 9.78. The molecule has 0 saturated carbocycles. The molecule has 0 bridgehead atoms. The number of aromatic carboxylic acids is 1. The Morgan fingerprint density at radius 2 is 1.94 bits per heavy atom. The van der Waals surface area contributed by atoms with Gasteiger partial charge in [0.05, 0.1) is 5.56 Å². The van der Waals surface area contributed by atoms with Crippen molar-refractivity contribution in [2.45, 2.75) is 26.6 Å². The van der Waals surface area contributed by atoms with Gasteiger partial charge in [-0.2, -0.15) is 13.2 Å². The molecular weight excluding hydrogens is 251 g/mol. The van der Waals surface area contributed by atoms with Gasteiger partial charge in [0.1, 0.15) is 5.69 Å². The number of hydrogen-bond acceptors (Lipinski definition) is 2. The zero-order valence-corrected chi connectivity index (χ0v) is 9.78. The molecule has 7 heteroatoms. The summed E-state index contributed by atoms with van der Waals surface area (Å²) < 4.78 is 38.9. The van der Waals surface area contributed by atoms with E-state index in [-0.39, 0.29) is 12.5 Å². The molecule has 1 rings (SSSR count). The number of carboxylic acids is 1. The third-order valence-corrected chi connectivity index (χ3v) is 2.21. The molecule has 1 aromatic heterocycles. The highest BCUT2D eigenvalue weighted by Gasteiger charge is 2.35. The summed E-state index contributed by atoms with van der Waals surface area (Å²) in [6.45, 7) is 3.21. The Morgan fingerprint density at radius 3 is 2.33 bits per heavy atom. The molecule has 0 spiro atoms. The molecule has 1 N–H and O–H groups in total. The number of aromatic nitrogens is 1.